The van der Waals surface area contributed by atoms with Crippen LogP contribution in [-0.4, -0.2) is 5.78 Å². The van der Waals surface area contributed by atoms with Crippen molar-refractivity contribution in [2.45, 2.75) is 12.8 Å². The monoisotopic (exact) mass is 158 g/mol. The first-order valence-electron chi connectivity index (χ1n) is 4.10. The van der Waals surface area contributed by atoms with Crippen molar-refractivity contribution in [1.29, 1.82) is 0 Å². The van der Waals surface area contributed by atoms with Gasteiger partial charge in [-0.2, -0.15) is 0 Å². The van der Waals surface area contributed by atoms with Crippen LogP contribution in [0.15, 0.2) is 24.8 Å². The van der Waals surface area contributed by atoms with Gasteiger partial charge in [0.15, 0.2) is 5.78 Å². The Morgan fingerprint density at radius 1 is 1.33 bits per heavy atom. The molecule has 60 valence electrons. The second kappa shape index (κ2) is 2.59. The van der Waals surface area contributed by atoms with Gasteiger partial charge in [0.25, 0.3) is 0 Å². The van der Waals surface area contributed by atoms with Crippen LogP contribution < -0.4 is 0 Å². The van der Waals surface area contributed by atoms with E-state index in [-0.39, 0.29) is 5.78 Å². The Balaban J connectivity index is 2.68. The van der Waals surface area contributed by atoms with Gasteiger partial charge in [-0.3, -0.25) is 4.79 Å². The lowest BCUT2D eigenvalue weighted by Crippen LogP contribution is -1.94. The second-order valence-electron chi connectivity index (χ2n) is 3.01. The average Bonchev–Trinajstić information content (AvgIpc) is 2.48. The summed E-state index contributed by atoms with van der Waals surface area (Å²) in [4.78, 5) is 11.4. The summed E-state index contributed by atoms with van der Waals surface area (Å²) < 4.78 is 0. The summed E-state index contributed by atoms with van der Waals surface area (Å²) in [5, 5.41) is 0. The number of carbonyl (C=O) groups is 1. The predicted octanol–water partition coefficient (Wildman–Crippen LogP) is 2.46. The van der Waals surface area contributed by atoms with Gasteiger partial charge in [-0.05, 0) is 17.5 Å². The highest BCUT2D eigenvalue weighted by atomic mass is 16.1. The molecule has 0 unspecified atom stereocenters. The molecule has 0 aromatic heterocycles. The average molecular weight is 158 g/mol. The molecule has 1 heteroatoms. The number of fused-ring (bicyclic) bond motifs is 1. The van der Waals surface area contributed by atoms with Gasteiger partial charge in [0.05, 0.1) is 0 Å². The SMILES string of the molecule is C=Cc1cccc2c1C(=O)CC2. The van der Waals surface area contributed by atoms with E-state index in [1.807, 2.05) is 18.2 Å². The third-order valence-electron chi connectivity index (χ3n) is 2.30. The van der Waals surface area contributed by atoms with E-state index in [0.29, 0.717) is 6.42 Å². The van der Waals surface area contributed by atoms with Crippen LogP contribution in [0, 0.1) is 0 Å². The first-order valence-corrected chi connectivity index (χ1v) is 4.10. The van der Waals surface area contributed by atoms with Crippen LogP contribution in [0.4, 0.5) is 0 Å². The zero-order valence-electron chi connectivity index (χ0n) is 6.84. The molecule has 0 atom stereocenters. The van der Waals surface area contributed by atoms with E-state index in [2.05, 4.69) is 6.58 Å². The van der Waals surface area contributed by atoms with Gasteiger partial charge >= 0.3 is 0 Å². The number of hydrogen-bond donors (Lipinski definition) is 0. The molecule has 0 fully saturated rings. The summed E-state index contributed by atoms with van der Waals surface area (Å²) in [6, 6.07) is 5.94. The van der Waals surface area contributed by atoms with Crippen LogP contribution >= 0.6 is 0 Å². The molecule has 0 N–H and O–H groups in total. The summed E-state index contributed by atoms with van der Waals surface area (Å²) in [6.07, 6.45) is 3.32. The van der Waals surface area contributed by atoms with Crippen LogP contribution in [0.1, 0.15) is 27.9 Å². The topological polar surface area (TPSA) is 17.1 Å². The van der Waals surface area contributed by atoms with Gasteiger partial charge in [0.2, 0.25) is 0 Å². The third kappa shape index (κ3) is 0.900. The van der Waals surface area contributed by atoms with Gasteiger partial charge in [-0.25, -0.2) is 0 Å². The maximum atomic E-state index is 11.4. The highest BCUT2D eigenvalue weighted by Crippen LogP contribution is 2.25. The van der Waals surface area contributed by atoms with E-state index in [9.17, 15) is 4.79 Å². The molecule has 2 rings (SSSR count). The molecular formula is C11H10O. The van der Waals surface area contributed by atoms with Crippen LogP contribution in [-0.2, 0) is 6.42 Å². The number of benzene rings is 1. The predicted molar refractivity (Wildman–Crippen MR) is 49.2 cm³/mol. The third-order valence-corrected chi connectivity index (χ3v) is 2.30. The highest BCUT2D eigenvalue weighted by molar-refractivity contribution is 6.03. The Kier molecular flexibility index (Phi) is 1.58. The lowest BCUT2D eigenvalue weighted by Gasteiger charge is -2.00. The Labute approximate surface area is 71.7 Å². The van der Waals surface area contributed by atoms with Crippen molar-refractivity contribution in [2.24, 2.45) is 0 Å². The van der Waals surface area contributed by atoms with Gasteiger partial charge in [-0.15, -0.1) is 0 Å². The lowest BCUT2D eigenvalue weighted by molar-refractivity contribution is 0.0994. The first-order chi connectivity index (χ1) is 5.83. The van der Waals surface area contributed by atoms with Crippen LogP contribution in [0.2, 0.25) is 0 Å². The summed E-state index contributed by atoms with van der Waals surface area (Å²) in [7, 11) is 0. The molecule has 0 radical (unpaired) electrons. The molecule has 1 aromatic rings. The van der Waals surface area contributed by atoms with Gasteiger partial charge in [0.1, 0.15) is 0 Å². The lowest BCUT2D eigenvalue weighted by atomic mass is 10.0. The van der Waals surface area contributed by atoms with Crippen LogP contribution in [0.25, 0.3) is 6.08 Å². The molecule has 0 amide bonds. The summed E-state index contributed by atoms with van der Waals surface area (Å²) in [5.41, 5.74) is 3.06. The molecule has 0 bridgehead atoms. The molecule has 0 saturated carbocycles. The highest BCUT2D eigenvalue weighted by Gasteiger charge is 2.20. The van der Waals surface area contributed by atoms with Crippen molar-refractivity contribution in [3.05, 3.63) is 41.5 Å². The minimum atomic E-state index is 0.264. The largest absolute Gasteiger partial charge is 0.294 e. The first kappa shape index (κ1) is 7.29. The Bertz CT molecular complexity index is 350. The fraction of sp³-hybridized carbons (Fsp3) is 0.182. The summed E-state index contributed by atoms with van der Waals surface area (Å²) in [6.45, 7) is 3.69. The molecule has 1 aliphatic rings. The maximum absolute atomic E-state index is 11.4. The molecule has 1 aliphatic carbocycles. The Morgan fingerprint density at radius 2 is 2.17 bits per heavy atom. The van der Waals surface area contributed by atoms with Crippen molar-refractivity contribution in [3.63, 3.8) is 0 Å². The molecule has 0 spiro atoms. The van der Waals surface area contributed by atoms with Crippen LogP contribution in [0.3, 0.4) is 0 Å². The molecule has 1 aromatic carbocycles. The fourth-order valence-electron chi connectivity index (χ4n) is 1.71. The molecule has 1 nitrogen and oxygen atoms in total. The molecule has 12 heavy (non-hydrogen) atoms. The minimum absolute atomic E-state index is 0.264. The maximum Gasteiger partial charge on any atom is 0.164 e. The van der Waals surface area contributed by atoms with Gasteiger partial charge in [0, 0.05) is 12.0 Å². The minimum Gasteiger partial charge on any atom is -0.294 e. The van der Waals surface area contributed by atoms with E-state index in [4.69, 9.17) is 0 Å². The Morgan fingerprint density at radius 3 is 2.92 bits per heavy atom. The smallest absolute Gasteiger partial charge is 0.164 e. The van der Waals surface area contributed by atoms with E-state index in [0.717, 1.165) is 17.5 Å². The molecular weight excluding hydrogens is 148 g/mol. The van der Waals surface area contributed by atoms with E-state index >= 15 is 0 Å². The summed E-state index contributed by atoms with van der Waals surface area (Å²) in [5.74, 6) is 0.264. The van der Waals surface area contributed by atoms with E-state index < -0.39 is 0 Å². The number of rotatable bonds is 1. The van der Waals surface area contributed by atoms with Crippen molar-refractivity contribution >= 4 is 11.9 Å². The normalized spacial score (nSPS) is 14.5. The fourth-order valence-corrected chi connectivity index (χ4v) is 1.71. The standard InChI is InChI=1S/C11H10O/c1-2-8-4-3-5-9-6-7-10(12)11(8)9/h2-5H,1,6-7H2. The van der Waals surface area contributed by atoms with Crippen LogP contribution in [0.5, 0.6) is 0 Å². The quantitative estimate of drug-likeness (QED) is 0.613. The van der Waals surface area contributed by atoms with E-state index in [1.165, 1.54) is 5.56 Å². The number of ketones is 1. The number of carbonyl (C=O) groups excluding carboxylic acids is 1. The van der Waals surface area contributed by atoms with Gasteiger partial charge in [-0.1, -0.05) is 30.9 Å². The van der Waals surface area contributed by atoms with Crippen molar-refractivity contribution < 1.29 is 4.79 Å². The zero-order chi connectivity index (χ0) is 8.55. The number of aryl methyl sites for hydroxylation is 1. The number of hydrogen-bond acceptors (Lipinski definition) is 1. The molecule has 0 aliphatic heterocycles. The van der Waals surface area contributed by atoms with Crippen molar-refractivity contribution in [3.8, 4) is 0 Å². The van der Waals surface area contributed by atoms with E-state index in [1.54, 1.807) is 6.08 Å². The van der Waals surface area contributed by atoms with Crippen molar-refractivity contribution in [1.82, 2.24) is 0 Å². The zero-order valence-corrected chi connectivity index (χ0v) is 6.84. The Hall–Kier alpha value is -1.37. The van der Waals surface area contributed by atoms with Gasteiger partial charge < -0.3 is 0 Å². The number of Topliss-reactive ketones (excluding diaryl/α,β-unsaturated/α-hetero) is 1. The summed E-state index contributed by atoms with van der Waals surface area (Å²) >= 11 is 0. The second-order valence-corrected chi connectivity index (χ2v) is 3.01. The molecule has 0 saturated heterocycles. The van der Waals surface area contributed by atoms with Crippen molar-refractivity contribution in [2.75, 3.05) is 0 Å². The molecule has 0 heterocycles.